The number of carbonyl (C=O) groups excluding carboxylic acids is 4. The van der Waals surface area contributed by atoms with Gasteiger partial charge in [-0.25, -0.2) is 9.59 Å². The van der Waals surface area contributed by atoms with E-state index in [1.807, 2.05) is 58.3 Å². The van der Waals surface area contributed by atoms with E-state index >= 15 is 0 Å². The molecule has 2 aromatic heterocycles. The van der Waals surface area contributed by atoms with Crippen LogP contribution in [0.15, 0.2) is 85.2 Å². The van der Waals surface area contributed by atoms with Crippen molar-refractivity contribution in [3.05, 3.63) is 117 Å². The predicted molar refractivity (Wildman–Crippen MR) is 242 cm³/mol. The summed E-state index contributed by atoms with van der Waals surface area (Å²) in [7, 11) is 2.70. The molecule has 0 unspecified atom stereocenters. The summed E-state index contributed by atoms with van der Waals surface area (Å²) >= 11 is 12.9. The van der Waals surface area contributed by atoms with Crippen molar-refractivity contribution in [2.45, 2.75) is 25.0 Å². The predicted octanol–water partition coefficient (Wildman–Crippen LogP) is 6.15. The van der Waals surface area contributed by atoms with E-state index in [0.29, 0.717) is 82.7 Å². The number of nitrogens with one attached hydrogen (secondary N) is 2. The fourth-order valence-electron chi connectivity index (χ4n) is 8.76. The third-order valence-electron chi connectivity index (χ3n) is 11.9. The van der Waals surface area contributed by atoms with Crippen molar-refractivity contribution in [2.75, 3.05) is 66.6 Å². The molecule has 14 nitrogen and oxygen atoms in total. The van der Waals surface area contributed by atoms with E-state index in [1.165, 1.54) is 14.2 Å². The van der Waals surface area contributed by atoms with Crippen LogP contribution in [0.4, 0.5) is 0 Å². The fourth-order valence-corrected chi connectivity index (χ4v) is 9.24. The largest absolute Gasteiger partial charge is 0.479 e. The number of benzene rings is 4. The molecule has 2 atom stereocenters. The average Bonchev–Trinajstić information content (AvgIpc) is 3.97. The molecule has 0 saturated carbocycles. The summed E-state index contributed by atoms with van der Waals surface area (Å²) in [6.07, 6.45) is 3.23. The maximum Gasteiger partial charge on any atom is 0.337 e. The summed E-state index contributed by atoms with van der Waals surface area (Å²) < 4.78 is 22.1. The first-order chi connectivity index (χ1) is 31.1. The molecule has 6 aromatic rings. The van der Waals surface area contributed by atoms with Crippen LogP contribution >= 0.6 is 23.2 Å². The molecule has 4 aliphatic heterocycles. The highest BCUT2D eigenvalue weighted by molar-refractivity contribution is 6.31. The van der Waals surface area contributed by atoms with Crippen molar-refractivity contribution in [2.24, 2.45) is 0 Å². The average molecular weight is 904 g/mol. The summed E-state index contributed by atoms with van der Waals surface area (Å²) in [5.41, 5.74) is 7.37. The minimum atomic E-state index is -0.556. The SMILES string of the molecule is COC(=O)c1ccc2c(-c3cc(Cl)cc4c3O[C@@H](C(=O)N3CCNCC3)C4)ccnc2c1.COC(=O)c1ccc2c(-c3cc(Cl)cc4c3O[C@H](C(=O)N3CCNCC3)C4)ccnc2c1. The second-order valence-corrected chi connectivity index (χ2v) is 16.7. The molecule has 2 amide bonds. The van der Waals surface area contributed by atoms with Gasteiger partial charge in [-0.05, 0) is 71.8 Å². The maximum absolute atomic E-state index is 13.0. The van der Waals surface area contributed by atoms with Crippen molar-refractivity contribution < 1.29 is 38.1 Å². The third kappa shape index (κ3) is 8.53. The molecule has 0 bridgehead atoms. The first-order valence-electron chi connectivity index (χ1n) is 21.0. The number of ether oxygens (including phenoxy) is 4. The lowest BCUT2D eigenvalue weighted by Crippen LogP contribution is -2.50. The summed E-state index contributed by atoms with van der Waals surface area (Å²) in [5, 5.41) is 9.38. The number of nitrogens with zero attached hydrogens (tertiary/aromatic N) is 4. The molecule has 0 radical (unpaired) electrons. The summed E-state index contributed by atoms with van der Waals surface area (Å²) in [6, 6.07) is 21.7. The van der Waals surface area contributed by atoms with Crippen LogP contribution in [0.1, 0.15) is 31.8 Å². The first-order valence-corrected chi connectivity index (χ1v) is 21.8. The molecule has 6 heterocycles. The van der Waals surface area contributed by atoms with Gasteiger partial charge in [0.1, 0.15) is 11.5 Å². The maximum atomic E-state index is 13.0. The van der Waals surface area contributed by atoms with Crippen LogP contribution in [0.5, 0.6) is 11.5 Å². The molecule has 4 aliphatic rings. The van der Waals surface area contributed by atoms with Gasteiger partial charge in [-0.3, -0.25) is 19.6 Å². The summed E-state index contributed by atoms with van der Waals surface area (Å²) in [4.78, 5) is 62.4. The van der Waals surface area contributed by atoms with Crippen molar-refractivity contribution in [1.82, 2.24) is 30.4 Å². The molecule has 2 fully saturated rings. The highest BCUT2D eigenvalue weighted by Gasteiger charge is 2.37. The second kappa shape index (κ2) is 18.4. The third-order valence-corrected chi connectivity index (χ3v) is 12.3. The van der Waals surface area contributed by atoms with E-state index in [0.717, 1.165) is 70.3 Å². The van der Waals surface area contributed by atoms with Crippen LogP contribution in [0.25, 0.3) is 44.1 Å². The van der Waals surface area contributed by atoms with E-state index in [-0.39, 0.29) is 11.8 Å². The minimum Gasteiger partial charge on any atom is -0.479 e. The zero-order chi connectivity index (χ0) is 44.5. The Morgan fingerprint density at radius 3 is 1.38 bits per heavy atom. The molecule has 0 aliphatic carbocycles. The van der Waals surface area contributed by atoms with Crippen molar-refractivity contribution in [3.8, 4) is 33.8 Å². The van der Waals surface area contributed by atoms with E-state index < -0.39 is 24.1 Å². The Hall–Kier alpha value is -6.32. The number of halogens is 2. The van der Waals surface area contributed by atoms with Gasteiger partial charge in [0.15, 0.2) is 12.2 Å². The standard InChI is InChI=1S/2C24H22ClN3O4/c2*1-31-24(30)14-2-3-18-17(4-5-27-20(18)11-14)19-13-16(25)10-15-12-21(32-22(15)19)23(29)28-8-6-26-7-9-28/h2*2-5,10-11,13,21,26H,6-9,12H2,1H3/t2*21-/m10/s1. The summed E-state index contributed by atoms with van der Waals surface area (Å²) in [6.45, 7) is 5.89. The van der Waals surface area contributed by atoms with Crippen LogP contribution in [0, 0.1) is 0 Å². The molecule has 2 N–H and O–H groups in total. The number of pyridine rings is 2. The Bertz CT molecular complexity index is 2640. The normalized spacial score (nSPS) is 17.7. The molecular formula is C48H44Cl2N6O8. The molecule has 0 spiro atoms. The Kier molecular flexibility index (Phi) is 12.4. The molecule has 10 rings (SSSR count). The van der Waals surface area contributed by atoms with Crippen LogP contribution in [0.2, 0.25) is 10.0 Å². The van der Waals surface area contributed by atoms with Gasteiger partial charge >= 0.3 is 11.9 Å². The Labute approximate surface area is 378 Å². The van der Waals surface area contributed by atoms with Crippen LogP contribution in [0.3, 0.4) is 0 Å². The molecule has 4 aromatic carbocycles. The lowest BCUT2D eigenvalue weighted by Gasteiger charge is -2.29. The zero-order valence-electron chi connectivity index (χ0n) is 35.1. The molecule has 16 heteroatoms. The number of carbonyl (C=O) groups is 4. The Balaban J connectivity index is 0.000000162. The van der Waals surface area contributed by atoms with Gasteiger partial charge in [0.25, 0.3) is 11.8 Å². The van der Waals surface area contributed by atoms with E-state index in [2.05, 4.69) is 20.6 Å². The Morgan fingerprint density at radius 1 is 0.578 bits per heavy atom. The number of rotatable bonds is 6. The number of hydrogen-bond acceptors (Lipinski definition) is 12. The van der Waals surface area contributed by atoms with Crippen LogP contribution in [-0.4, -0.2) is 122 Å². The number of piperazine rings is 2. The van der Waals surface area contributed by atoms with Gasteiger partial charge in [0.2, 0.25) is 0 Å². The van der Waals surface area contributed by atoms with Gasteiger partial charge in [-0.15, -0.1) is 0 Å². The second-order valence-electron chi connectivity index (χ2n) is 15.8. The van der Waals surface area contributed by atoms with Crippen LogP contribution < -0.4 is 20.1 Å². The van der Waals surface area contributed by atoms with Gasteiger partial charge in [-0.1, -0.05) is 35.3 Å². The number of amides is 2. The lowest BCUT2D eigenvalue weighted by molar-refractivity contribution is -0.139. The van der Waals surface area contributed by atoms with Gasteiger partial charge in [0.05, 0.1) is 36.4 Å². The molecular weight excluding hydrogens is 859 g/mol. The van der Waals surface area contributed by atoms with Gasteiger partial charge in [-0.2, -0.15) is 0 Å². The highest BCUT2D eigenvalue weighted by atomic mass is 35.5. The topological polar surface area (TPSA) is 162 Å². The molecule has 64 heavy (non-hydrogen) atoms. The van der Waals surface area contributed by atoms with Crippen molar-refractivity contribution >= 4 is 68.8 Å². The highest BCUT2D eigenvalue weighted by Crippen LogP contribution is 2.45. The minimum absolute atomic E-state index is 0.00655. The lowest BCUT2D eigenvalue weighted by atomic mass is 9.97. The number of hydrogen-bond donors (Lipinski definition) is 2. The quantitative estimate of drug-likeness (QED) is 0.184. The fraction of sp³-hybridized carbons (Fsp3) is 0.292. The van der Waals surface area contributed by atoms with Crippen LogP contribution in [-0.2, 0) is 31.9 Å². The van der Waals surface area contributed by atoms with E-state index in [1.54, 1.807) is 36.7 Å². The van der Waals surface area contributed by atoms with Gasteiger partial charge < -0.3 is 39.4 Å². The number of fused-ring (bicyclic) bond motifs is 4. The smallest absolute Gasteiger partial charge is 0.337 e. The van der Waals surface area contributed by atoms with Crippen molar-refractivity contribution in [3.63, 3.8) is 0 Å². The summed E-state index contributed by atoms with van der Waals surface area (Å²) in [5.74, 6) is 0.528. The Morgan fingerprint density at radius 2 is 0.984 bits per heavy atom. The number of aromatic nitrogens is 2. The van der Waals surface area contributed by atoms with E-state index in [9.17, 15) is 19.2 Å². The van der Waals surface area contributed by atoms with Crippen molar-refractivity contribution in [1.29, 1.82) is 0 Å². The molecule has 328 valence electrons. The zero-order valence-corrected chi connectivity index (χ0v) is 36.6. The number of esters is 2. The first kappa shape index (κ1) is 43.0. The van der Waals surface area contributed by atoms with Gasteiger partial charge in [0, 0.05) is 121 Å². The number of methoxy groups -OCH3 is 2. The molecule has 2 saturated heterocycles. The monoisotopic (exact) mass is 902 g/mol. The van der Waals surface area contributed by atoms with E-state index in [4.69, 9.17) is 42.1 Å².